The summed E-state index contributed by atoms with van der Waals surface area (Å²) in [5.41, 5.74) is 4.24. The maximum atomic E-state index is 13.4. The molecule has 0 bridgehead atoms. The molecule has 27 heavy (non-hydrogen) atoms. The van der Waals surface area contributed by atoms with Gasteiger partial charge in [0.15, 0.2) is 0 Å². The molecule has 2 aromatic carbocycles. The first kappa shape index (κ1) is 17.5. The summed E-state index contributed by atoms with van der Waals surface area (Å²) in [7, 11) is 6.10. The summed E-state index contributed by atoms with van der Waals surface area (Å²) in [6.45, 7) is 1.62. The first-order valence-corrected chi connectivity index (χ1v) is 9.25. The average Bonchev–Trinajstić information content (AvgIpc) is 3.00. The number of aromatic nitrogens is 3. The number of para-hydroxylation sites is 3. The van der Waals surface area contributed by atoms with Gasteiger partial charge in [-0.05, 0) is 45.3 Å². The van der Waals surface area contributed by atoms with Crippen molar-refractivity contribution in [2.24, 2.45) is 7.05 Å². The second-order valence-corrected chi connectivity index (χ2v) is 7.23. The van der Waals surface area contributed by atoms with E-state index in [1.165, 1.54) is 0 Å². The number of aryl methyl sites for hydroxylation is 2. The molecule has 0 N–H and O–H groups in total. The van der Waals surface area contributed by atoms with Crippen molar-refractivity contribution in [2.75, 3.05) is 20.6 Å². The molecule has 0 aliphatic carbocycles. The van der Waals surface area contributed by atoms with Crippen LogP contribution in [-0.4, -0.2) is 39.7 Å². The zero-order chi connectivity index (χ0) is 19.0. The molecule has 0 atom stereocenters. The van der Waals surface area contributed by atoms with Crippen molar-refractivity contribution in [1.29, 1.82) is 0 Å². The van der Waals surface area contributed by atoms with Gasteiger partial charge in [-0.25, -0.2) is 4.98 Å². The first-order valence-electron chi connectivity index (χ1n) is 9.25. The van der Waals surface area contributed by atoms with Gasteiger partial charge in [-0.1, -0.05) is 30.3 Å². The molecule has 4 rings (SSSR count). The van der Waals surface area contributed by atoms with Crippen molar-refractivity contribution in [3.63, 3.8) is 0 Å². The van der Waals surface area contributed by atoms with E-state index in [2.05, 4.69) is 35.7 Å². The summed E-state index contributed by atoms with van der Waals surface area (Å²) in [6.07, 6.45) is 2.92. The van der Waals surface area contributed by atoms with E-state index in [9.17, 15) is 4.79 Å². The molecule has 0 fully saturated rings. The van der Waals surface area contributed by atoms with Gasteiger partial charge in [0.2, 0.25) is 0 Å². The SMILES string of the molecule is CN(C)CCCn1c(=O)c(-c2cn(C)c3ccccc23)nc2ccccc21. The van der Waals surface area contributed by atoms with Crippen LogP contribution in [0.2, 0.25) is 0 Å². The van der Waals surface area contributed by atoms with Gasteiger partial charge < -0.3 is 14.0 Å². The van der Waals surface area contributed by atoms with Crippen LogP contribution in [0.15, 0.2) is 59.5 Å². The Kier molecular flexibility index (Phi) is 4.54. The lowest BCUT2D eigenvalue weighted by atomic mass is 10.1. The highest BCUT2D eigenvalue weighted by molar-refractivity contribution is 5.95. The molecule has 4 aromatic rings. The van der Waals surface area contributed by atoms with Gasteiger partial charge in [0.25, 0.3) is 5.56 Å². The molecule has 0 radical (unpaired) electrons. The smallest absolute Gasteiger partial charge is 0.277 e. The van der Waals surface area contributed by atoms with E-state index in [0.717, 1.165) is 40.5 Å². The van der Waals surface area contributed by atoms with Gasteiger partial charge in [0.1, 0.15) is 5.69 Å². The minimum Gasteiger partial charge on any atom is -0.350 e. The second kappa shape index (κ2) is 7.00. The Morgan fingerprint density at radius 2 is 1.70 bits per heavy atom. The highest BCUT2D eigenvalue weighted by atomic mass is 16.1. The Morgan fingerprint density at radius 3 is 2.48 bits per heavy atom. The maximum Gasteiger partial charge on any atom is 0.277 e. The van der Waals surface area contributed by atoms with Crippen molar-refractivity contribution in [3.8, 4) is 11.3 Å². The Morgan fingerprint density at radius 1 is 1.00 bits per heavy atom. The largest absolute Gasteiger partial charge is 0.350 e. The summed E-state index contributed by atoms with van der Waals surface area (Å²) in [6, 6.07) is 16.0. The Hall–Kier alpha value is -2.92. The minimum atomic E-state index is -0.0243. The number of hydrogen-bond acceptors (Lipinski definition) is 3. The summed E-state index contributed by atoms with van der Waals surface area (Å²) >= 11 is 0. The van der Waals surface area contributed by atoms with Crippen LogP contribution in [-0.2, 0) is 13.6 Å². The van der Waals surface area contributed by atoms with Crippen LogP contribution in [0.4, 0.5) is 0 Å². The highest BCUT2D eigenvalue weighted by Crippen LogP contribution is 2.28. The molecular weight excluding hydrogens is 336 g/mol. The monoisotopic (exact) mass is 360 g/mol. The van der Waals surface area contributed by atoms with E-state index >= 15 is 0 Å². The van der Waals surface area contributed by atoms with Gasteiger partial charge in [0, 0.05) is 36.3 Å². The van der Waals surface area contributed by atoms with Crippen LogP contribution in [0, 0.1) is 0 Å². The molecule has 2 aromatic heterocycles. The number of fused-ring (bicyclic) bond motifs is 2. The van der Waals surface area contributed by atoms with Crippen LogP contribution in [0.3, 0.4) is 0 Å². The topological polar surface area (TPSA) is 43.1 Å². The van der Waals surface area contributed by atoms with E-state index in [0.29, 0.717) is 12.2 Å². The van der Waals surface area contributed by atoms with Gasteiger partial charge in [-0.3, -0.25) is 4.79 Å². The number of rotatable bonds is 5. The predicted octanol–water partition coefficient (Wildman–Crippen LogP) is 3.51. The van der Waals surface area contributed by atoms with Gasteiger partial charge >= 0.3 is 0 Å². The second-order valence-electron chi connectivity index (χ2n) is 7.23. The van der Waals surface area contributed by atoms with Crippen molar-refractivity contribution in [1.82, 2.24) is 19.0 Å². The number of benzene rings is 2. The molecule has 0 unspecified atom stereocenters. The third kappa shape index (κ3) is 3.15. The Labute approximate surface area is 158 Å². The molecule has 5 heteroatoms. The molecule has 138 valence electrons. The van der Waals surface area contributed by atoms with Crippen LogP contribution >= 0.6 is 0 Å². The van der Waals surface area contributed by atoms with Crippen molar-refractivity contribution in [2.45, 2.75) is 13.0 Å². The van der Waals surface area contributed by atoms with Crippen molar-refractivity contribution >= 4 is 21.9 Å². The first-order chi connectivity index (χ1) is 13.1. The molecule has 0 saturated heterocycles. The number of hydrogen-bond donors (Lipinski definition) is 0. The van der Waals surface area contributed by atoms with E-state index in [1.807, 2.05) is 54.2 Å². The molecule has 5 nitrogen and oxygen atoms in total. The lowest BCUT2D eigenvalue weighted by molar-refractivity contribution is 0.386. The summed E-state index contributed by atoms with van der Waals surface area (Å²) in [5, 5.41) is 1.06. The fourth-order valence-corrected chi connectivity index (χ4v) is 3.67. The average molecular weight is 360 g/mol. The molecule has 2 heterocycles. The van der Waals surface area contributed by atoms with Crippen molar-refractivity contribution < 1.29 is 0 Å². The lowest BCUT2D eigenvalue weighted by Gasteiger charge is -2.14. The van der Waals surface area contributed by atoms with Crippen LogP contribution in [0.25, 0.3) is 33.2 Å². The third-order valence-corrected chi connectivity index (χ3v) is 4.99. The molecule has 0 amide bonds. The Bertz CT molecular complexity index is 1170. The molecule has 0 spiro atoms. The van der Waals surface area contributed by atoms with Crippen LogP contribution in [0.1, 0.15) is 6.42 Å². The van der Waals surface area contributed by atoms with Gasteiger partial charge in [-0.15, -0.1) is 0 Å². The molecule has 0 aliphatic heterocycles. The molecular formula is C22H24N4O. The predicted molar refractivity (Wildman–Crippen MR) is 111 cm³/mol. The third-order valence-electron chi connectivity index (χ3n) is 4.99. The van der Waals surface area contributed by atoms with Gasteiger partial charge in [0.05, 0.1) is 11.0 Å². The minimum absolute atomic E-state index is 0.0243. The van der Waals surface area contributed by atoms with E-state index in [1.54, 1.807) is 0 Å². The van der Waals surface area contributed by atoms with Crippen LogP contribution < -0.4 is 5.56 Å². The highest BCUT2D eigenvalue weighted by Gasteiger charge is 2.16. The molecule has 0 aliphatic rings. The van der Waals surface area contributed by atoms with Crippen molar-refractivity contribution in [3.05, 3.63) is 65.1 Å². The normalized spacial score (nSPS) is 11.7. The summed E-state index contributed by atoms with van der Waals surface area (Å²) < 4.78 is 3.93. The Balaban J connectivity index is 1.93. The fourth-order valence-electron chi connectivity index (χ4n) is 3.67. The molecule has 0 saturated carbocycles. The maximum absolute atomic E-state index is 13.4. The summed E-state index contributed by atoms with van der Waals surface area (Å²) in [4.78, 5) is 20.3. The standard InChI is InChI=1S/C22H24N4O/c1-24(2)13-8-14-26-20-12-7-5-10-18(20)23-21(22(26)27)17-15-25(3)19-11-6-4-9-16(17)19/h4-7,9-12,15H,8,13-14H2,1-3H3. The zero-order valence-corrected chi connectivity index (χ0v) is 16.0. The van der Waals surface area contributed by atoms with E-state index in [-0.39, 0.29) is 5.56 Å². The quantitative estimate of drug-likeness (QED) is 0.547. The lowest BCUT2D eigenvalue weighted by Crippen LogP contribution is -2.25. The summed E-state index contributed by atoms with van der Waals surface area (Å²) in [5.74, 6) is 0. The van der Waals surface area contributed by atoms with E-state index in [4.69, 9.17) is 4.98 Å². The van der Waals surface area contributed by atoms with E-state index < -0.39 is 0 Å². The number of nitrogens with zero attached hydrogens (tertiary/aromatic N) is 4. The van der Waals surface area contributed by atoms with Crippen LogP contribution in [0.5, 0.6) is 0 Å². The fraction of sp³-hybridized carbons (Fsp3) is 0.273. The van der Waals surface area contributed by atoms with Gasteiger partial charge in [-0.2, -0.15) is 0 Å². The zero-order valence-electron chi connectivity index (χ0n) is 16.0.